The minimum atomic E-state index is 1.19. The highest BCUT2D eigenvalue weighted by Gasteiger charge is 1.77. The van der Waals surface area contributed by atoms with Crippen LogP contribution in [0.4, 0.5) is 0 Å². The molecule has 0 amide bonds. The van der Waals surface area contributed by atoms with E-state index in [1.807, 2.05) is 19.9 Å². The van der Waals surface area contributed by atoms with Crippen LogP contribution < -0.4 is 0 Å². The fraction of sp³-hybridized carbons (Fsp3) is 0.833. The van der Waals surface area contributed by atoms with Crippen molar-refractivity contribution in [2.45, 2.75) is 66.7 Å². The number of hydrogen-bond acceptors (Lipinski definition) is 0. The minimum absolute atomic E-state index is 1.19. The smallest absolute Gasteiger partial charge is 0.0353 e. The Morgan fingerprint density at radius 2 is 1.42 bits per heavy atom. The maximum absolute atomic E-state index is 3.63. The Morgan fingerprint density at radius 1 is 1.00 bits per heavy atom. The van der Waals surface area contributed by atoms with Crippen molar-refractivity contribution in [1.82, 2.24) is 0 Å². The number of unbranched alkanes of at least 4 members (excludes halogenated alkanes) is 3. The predicted molar refractivity (Wildman–Crippen MR) is 61.7 cm³/mol. The molecule has 0 aromatic carbocycles. The van der Waals surface area contributed by atoms with Crippen LogP contribution in [0.1, 0.15) is 66.7 Å². The van der Waals surface area contributed by atoms with Crippen LogP contribution in [0.5, 0.6) is 0 Å². The molecule has 0 atom stereocenters. The van der Waals surface area contributed by atoms with Gasteiger partial charge in [-0.05, 0) is 12.8 Å². The van der Waals surface area contributed by atoms with E-state index >= 15 is 0 Å². The lowest BCUT2D eigenvalue weighted by atomic mass is 10.2. The molecule has 0 rings (SSSR count). The van der Waals surface area contributed by atoms with Gasteiger partial charge in [-0.3, -0.25) is 0 Å². The molecule has 0 N–H and O–H groups in total. The molecular formula is C12H28. The molecule has 76 valence electrons. The number of hydrogen-bond donors (Lipinski definition) is 0. The molecule has 0 unspecified atom stereocenters. The summed E-state index contributed by atoms with van der Waals surface area (Å²) >= 11 is 0. The number of rotatable bonds is 4. The molecule has 0 nitrogen and oxygen atoms in total. The van der Waals surface area contributed by atoms with Crippen LogP contribution in [0.15, 0.2) is 12.7 Å². The monoisotopic (exact) mass is 172 g/mol. The molecule has 0 radical (unpaired) electrons. The first-order valence-electron chi connectivity index (χ1n) is 5.44. The van der Waals surface area contributed by atoms with Crippen molar-refractivity contribution < 1.29 is 0 Å². The lowest BCUT2D eigenvalue weighted by molar-refractivity contribution is 0.730. The standard InChI is InChI=1S/C7H14.C3H8.C2H6/c1-3-5-7-6-4-2;1-3-2;1-2/h3H,1,4-7H2,2H3;3H2,1-2H3;1-2H3. The van der Waals surface area contributed by atoms with Crippen molar-refractivity contribution >= 4 is 0 Å². The third-order valence-electron chi connectivity index (χ3n) is 1.01. The number of allylic oxidation sites excluding steroid dienone is 1. The van der Waals surface area contributed by atoms with Gasteiger partial charge in [-0.1, -0.05) is 60.0 Å². The van der Waals surface area contributed by atoms with Gasteiger partial charge in [0.25, 0.3) is 0 Å². The van der Waals surface area contributed by atoms with E-state index in [9.17, 15) is 0 Å². The Kier molecular flexibility index (Phi) is 45.7. The van der Waals surface area contributed by atoms with Crippen molar-refractivity contribution in [3.8, 4) is 0 Å². The van der Waals surface area contributed by atoms with Crippen molar-refractivity contribution in [2.24, 2.45) is 0 Å². The van der Waals surface area contributed by atoms with Gasteiger partial charge in [0.1, 0.15) is 0 Å². The van der Waals surface area contributed by atoms with Gasteiger partial charge in [0.2, 0.25) is 0 Å². The fourth-order valence-corrected chi connectivity index (χ4v) is 0.539. The lowest BCUT2D eigenvalue weighted by Gasteiger charge is -1.87. The Labute approximate surface area is 80.1 Å². The average molecular weight is 172 g/mol. The molecule has 0 aliphatic carbocycles. The lowest BCUT2D eigenvalue weighted by Crippen LogP contribution is -1.67. The van der Waals surface area contributed by atoms with Crippen LogP contribution in [0.3, 0.4) is 0 Å². The molecule has 0 fully saturated rings. The van der Waals surface area contributed by atoms with Gasteiger partial charge < -0.3 is 0 Å². The summed E-state index contributed by atoms with van der Waals surface area (Å²) in [6.45, 7) is 14.1. The van der Waals surface area contributed by atoms with Gasteiger partial charge in [-0.15, -0.1) is 6.58 Å². The SMILES string of the molecule is C=CCCCCC.CC.CCC. The van der Waals surface area contributed by atoms with E-state index in [2.05, 4.69) is 27.4 Å². The summed E-state index contributed by atoms with van der Waals surface area (Å²) in [6.07, 6.45) is 8.41. The van der Waals surface area contributed by atoms with Crippen molar-refractivity contribution in [2.75, 3.05) is 0 Å². The summed E-state index contributed by atoms with van der Waals surface area (Å²) in [6, 6.07) is 0. The normalized spacial score (nSPS) is 7.08. The zero-order valence-electron chi connectivity index (χ0n) is 9.82. The Balaban J connectivity index is -0.000000137. The zero-order valence-corrected chi connectivity index (χ0v) is 9.82. The van der Waals surface area contributed by atoms with Crippen LogP contribution in [-0.2, 0) is 0 Å². The van der Waals surface area contributed by atoms with Gasteiger partial charge in [-0.2, -0.15) is 0 Å². The van der Waals surface area contributed by atoms with Crippen LogP contribution in [0.2, 0.25) is 0 Å². The van der Waals surface area contributed by atoms with Gasteiger partial charge in [0, 0.05) is 0 Å². The summed E-state index contributed by atoms with van der Waals surface area (Å²) in [5.74, 6) is 0. The van der Waals surface area contributed by atoms with Gasteiger partial charge in [-0.25, -0.2) is 0 Å². The third kappa shape index (κ3) is 53.2. The summed E-state index contributed by atoms with van der Waals surface area (Å²) in [4.78, 5) is 0. The summed E-state index contributed by atoms with van der Waals surface area (Å²) in [7, 11) is 0. The van der Waals surface area contributed by atoms with Gasteiger partial charge >= 0.3 is 0 Å². The highest BCUT2D eigenvalue weighted by molar-refractivity contribution is 4.64. The van der Waals surface area contributed by atoms with E-state index in [0.29, 0.717) is 0 Å². The molecule has 12 heavy (non-hydrogen) atoms. The molecule has 0 saturated carbocycles. The molecule has 0 aliphatic rings. The molecular weight excluding hydrogens is 144 g/mol. The van der Waals surface area contributed by atoms with E-state index in [1.165, 1.54) is 32.1 Å². The first-order valence-corrected chi connectivity index (χ1v) is 5.44. The third-order valence-corrected chi connectivity index (χ3v) is 1.01. The second kappa shape index (κ2) is 30.9. The second-order valence-corrected chi connectivity index (χ2v) is 2.49. The van der Waals surface area contributed by atoms with Crippen LogP contribution in [0, 0.1) is 0 Å². The van der Waals surface area contributed by atoms with E-state index in [4.69, 9.17) is 0 Å². The molecule has 0 aromatic heterocycles. The summed E-state index contributed by atoms with van der Waals surface area (Å²) in [5.41, 5.74) is 0. The molecule has 0 spiro atoms. The highest BCUT2D eigenvalue weighted by Crippen LogP contribution is 1.97. The van der Waals surface area contributed by atoms with Crippen LogP contribution in [0.25, 0.3) is 0 Å². The second-order valence-electron chi connectivity index (χ2n) is 2.49. The van der Waals surface area contributed by atoms with E-state index in [0.717, 1.165) is 0 Å². The zero-order chi connectivity index (χ0) is 10.2. The fourth-order valence-electron chi connectivity index (χ4n) is 0.539. The molecule has 0 aliphatic heterocycles. The summed E-state index contributed by atoms with van der Waals surface area (Å²) in [5, 5.41) is 0. The largest absolute Gasteiger partial charge is 0.103 e. The van der Waals surface area contributed by atoms with Gasteiger partial charge in [0.05, 0.1) is 0 Å². The topological polar surface area (TPSA) is 0 Å². The van der Waals surface area contributed by atoms with Crippen molar-refractivity contribution in [3.05, 3.63) is 12.7 Å². The Morgan fingerprint density at radius 3 is 1.67 bits per heavy atom. The van der Waals surface area contributed by atoms with Crippen molar-refractivity contribution in [3.63, 3.8) is 0 Å². The maximum atomic E-state index is 3.63. The predicted octanol–water partition coefficient (Wildman–Crippen LogP) is 5.20. The van der Waals surface area contributed by atoms with E-state index in [-0.39, 0.29) is 0 Å². The summed E-state index contributed by atoms with van der Waals surface area (Å²) < 4.78 is 0. The molecule has 0 saturated heterocycles. The van der Waals surface area contributed by atoms with Crippen LogP contribution in [-0.4, -0.2) is 0 Å². The molecule has 0 bridgehead atoms. The maximum Gasteiger partial charge on any atom is -0.0353 e. The molecule has 0 aromatic rings. The first kappa shape index (κ1) is 17.7. The quantitative estimate of drug-likeness (QED) is 0.404. The Bertz CT molecular complexity index is 46.0. The van der Waals surface area contributed by atoms with E-state index < -0.39 is 0 Å². The average Bonchev–Trinajstić information content (AvgIpc) is 2.11. The highest BCUT2D eigenvalue weighted by atomic mass is 13.8. The molecule has 0 heteroatoms. The van der Waals surface area contributed by atoms with E-state index in [1.54, 1.807) is 0 Å². The van der Waals surface area contributed by atoms with Crippen molar-refractivity contribution in [1.29, 1.82) is 0 Å². The minimum Gasteiger partial charge on any atom is -0.103 e. The Hall–Kier alpha value is -0.260. The van der Waals surface area contributed by atoms with Gasteiger partial charge in [0.15, 0.2) is 0 Å². The molecule has 0 heterocycles. The first-order chi connectivity index (χ1) is 5.83. The van der Waals surface area contributed by atoms with Crippen LogP contribution >= 0.6 is 0 Å².